The van der Waals surface area contributed by atoms with Crippen LogP contribution in [0.5, 0.6) is 5.75 Å². The molecule has 192 valence electrons. The van der Waals surface area contributed by atoms with Gasteiger partial charge in [0.25, 0.3) is 0 Å². The summed E-state index contributed by atoms with van der Waals surface area (Å²) < 4.78 is 5.83. The molecule has 0 N–H and O–H groups in total. The van der Waals surface area contributed by atoms with Crippen molar-refractivity contribution < 1.29 is 9.53 Å². The Bertz CT molecular complexity index is 908. The standard InChI is InChI=1S/C32H47NO2/c1-4-5-6-7-8-9-10-11-12-13-14-15-16-17-18-25-31(34)35-30-24-20-23-28-21-19-22-29(32(28)30)26-27-33(2)3/h8-9,11-12,19-24H,4-7,10,13-18,25-27H2,1-3H3/b9-8-,12-11-. The van der Waals surface area contributed by atoms with Gasteiger partial charge >= 0.3 is 5.97 Å². The van der Waals surface area contributed by atoms with Gasteiger partial charge in [-0.1, -0.05) is 93.7 Å². The molecule has 0 radical (unpaired) electrons. The second-order valence-electron chi connectivity index (χ2n) is 9.78. The lowest BCUT2D eigenvalue weighted by Gasteiger charge is -2.14. The molecule has 2 aromatic carbocycles. The molecule has 0 fully saturated rings. The molecule has 2 aromatic rings. The van der Waals surface area contributed by atoms with Crippen molar-refractivity contribution >= 4 is 16.7 Å². The molecule has 0 saturated heterocycles. The van der Waals surface area contributed by atoms with E-state index in [0.29, 0.717) is 12.2 Å². The Morgan fingerprint density at radius 3 is 2.20 bits per heavy atom. The maximum Gasteiger partial charge on any atom is 0.311 e. The number of hydrogen-bond donors (Lipinski definition) is 0. The number of carbonyl (C=O) groups excluding carboxylic acids is 1. The van der Waals surface area contributed by atoms with Gasteiger partial charge in [-0.3, -0.25) is 4.79 Å². The fraction of sp³-hybridized carbons (Fsp3) is 0.531. The number of fused-ring (bicyclic) bond motifs is 1. The van der Waals surface area contributed by atoms with E-state index >= 15 is 0 Å². The molecule has 0 heterocycles. The molecule has 0 saturated carbocycles. The van der Waals surface area contributed by atoms with E-state index in [1.807, 2.05) is 12.1 Å². The van der Waals surface area contributed by atoms with Crippen LogP contribution in [0.2, 0.25) is 0 Å². The number of ether oxygens (including phenoxy) is 1. The smallest absolute Gasteiger partial charge is 0.311 e. The lowest BCUT2D eigenvalue weighted by Crippen LogP contribution is -2.15. The zero-order chi connectivity index (χ0) is 25.1. The van der Waals surface area contributed by atoms with E-state index in [-0.39, 0.29) is 5.97 Å². The minimum atomic E-state index is -0.120. The van der Waals surface area contributed by atoms with Crippen molar-refractivity contribution in [3.05, 3.63) is 66.3 Å². The molecule has 0 amide bonds. The van der Waals surface area contributed by atoms with Crippen molar-refractivity contribution in [3.63, 3.8) is 0 Å². The molecule has 0 aliphatic carbocycles. The third-order valence-electron chi connectivity index (χ3n) is 6.34. The number of benzene rings is 2. The highest BCUT2D eigenvalue weighted by Crippen LogP contribution is 2.30. The average molecular weight is 478 g/mol. The molecule has 0 aliphatic rings. The van der Waals surface area contributed by atoms with Gasteiger partial charge in [-0.2, -0.15) is 0 Å². The molecule has 0 spiro atoms. The van der Waals surface area contributed by atoms with Gasteiger partial charge in [0, 0.05) is 18.4 Å². The van der Waals surface area contributed by atoms with Crippen LogP contribution < -0.4 is 4.74 Å². The first-order valence-corrected chi connectivity index (χ1v) is 13.8. The van der Waals surface area contributed by atoms with Crippen LogP contribution in [0, 0.1) is 0 Å². The summed E-state index contributed by atoms with van der Waals surface area (Å²) in [7, 11) is 4.16. The van der Waals surface area contributed by atoms with E-state index in [1.165, 1.54) is 50.5 Å². The second-order valence-corrected chi connectivity index (χ2v) is 9.78. The maximum absolute atomic E-state index is 12.5. The molecular formula is C32H47NO2. The summed E-state index contributed by atoms with van der Waals surface area (Å²) in [4.78, 5) is 14.7. The van der Waals surface area contributed by atoms with Crippen LogP contribution >= 0.6 is 0 Å². The fourth-order valence-corrected chi connectivity index (χ4v) is 4.27. The Morgan fingerprint density at radius 2 is 1.49 bits per heavy atom. The van der Waals surface area contributed by atoms with Crippen LogP contribution in [0.25, 0.3) is 10.8 Å². The van der Waals surface area contributed by atoms with E-state index in [0.717, 1.165) is 49.4 Å². The Hall–Kier alpha value is -2.39. The van der Waals surface area contributed by atoms with E-state index in [4.69, 9.17) is 4.74 Å². The molecule has 0 unspecified atom stereocenters. The summed E-state index contributed by atoms with van der Waals surface area (Å²) in [5.41, 5.74) is 1.23. The van der Waals surface area contributed by atoms with Crippen LogP contribution in [0.15, 0.2) is 60.7 Å². The van der Waals surface area contributed by atoms with E-state index < -0.39 is 0 Å². The third-order valence-corrected chi connectivity index (χ3v) is 6.34. The van der Waals surface area contributed by atoms with Gasteiger partial charge in [-0.05, 0) is 76.1 Å². The molecule has 0 aliphatic heterocycles. The van der Waals surface area contributed by atoms with Gasteiger partial charge in [-0.25, -0.2) is 0 Å². The molecule has 0 bridgehead atoms. The predicted octanol–water partition coefficient (Wildman–Crippen LogP) is 8.66. The highest BCUT2D eigenvalue weighted by atomic mass is 16.5. The van der Waals surface area contributed by atoms with Gasteiger partial charge in [0.15, 0.2) is 0 Å². The molecule has 0 aromatic heterocycles. The van der Waals surface area contributed by atoms with Crippen molar-refractivity contribution in [3.8, 4) is 5.75 Å². The van der Waals surface area contributed by atoms with E-state index in [1.54, 1.807) is 0 Å². The molecule has 35 heavy (non-hydrogen) atoms. The van der Waals surface area contributed by atoms with Gasteiger partial charge in [0.2, 0.25) is 0 Å². The van der Waals surface area contributed by atoms with Gasteiger partial charge in [0.05, 0.1) is 0 Å². The summed E-state index contributed by atoms with van der Waals surface area (Å²) in [6.07, 6.45) is 23.6. The molecule has 0 atom stereocenters. The largest absolute Gasteiger partial charge is 0.426 e. The quantitative estimate of drug-likeness (QED) is 0.0931. The number of esters is 1. The van der Waals surface area contributed by atoms with Crippen LogP contribution in [-0.2, 0) is 11.2 Å². The van der Waals surface area contributed by atoms with Gasteiger partial charge in [-0.15, -0.1) is 0 Å². The van der Waals surface area contributed by atoms with Crippen molar-refractivity contribution in [1.29, 1.82) is 0 Å². The zero-order valence-electron chi connectivity index (χ0n) is 22.4. The summed E-state index contributed by atoms with van der Waals surface area (Å²) >= 11 is 0. The summed E-state index contributed by atoms with van der Waals surface area (Å²) in [6, 6.07) is 12.3. The first-order valence-electron chi connectivity index (χ1n) is 13.8. The fourth-order valence-electron chi connectivity index (χ4n) is 4.27. The molecule has 3 heteroatoms. The number of carbonyl (C=O) groups is 1. The van der Waals surface area contributed by atoms with Crippen molar-refractivity contribution in [2.24, 2.45) is 0 Å². The number of allylic oxidation sites excluding steroid dienone is 4. The molecule has 3 nitrogen and oxygen atoms in total. The zero-order valence-corrected chi connectivity index (χ0v) is 22.4. The van der Waals surface area contributed by atoms with Crippen molar-refractivity contribution in [2.45, 2.75) is 90.4 Å². The van der Waals surface area contributed by atoms with Crippen LogP contribution in [0.3, 0.4) is 0 Å². The Kier molecular flexibility index (Phi) is 14.8. The Morgan fingerprint density at radius 1 is 0.829 bits per heavy atom. The maximum atomic E-state index is 12.5. The topological polar surface area (TPSA) is 29.5 Å². The summed E-state index contributed by atoms with van der Waals surface area (Å²) in [6.45, 7) is 3.21. The number of likely N-dealkylation sites (N-methyl/N-ethyl adjacent to an activating group) is 1. The van der Waals surface area contributed by atoms with Gasteiger partial charge in [0.1, 0.15) is 5.75 Å². The second kappa shape index (κ2) is 18.0. The third kappa shape index (κ3) is 12.2. The highest BCUT2D eigenvalue weighted by molar-refractivity contribution is 5.93. The predicted molar refractivity (Wildman–Crippen MR) is 151 cm³/mol. The Labute approximate surface area is 214 Å². The SMILES string of the molecule is CCCCC/C=C\C/C=C\CCCCCCCC(=O)Oc1cccc2cccc(CCN(C)C)c12. The first kappa shape index (κ1) is 28.8. The average Bonchev–Trinajstić information content (AvgIpc) is 2.85. The minimum absolute atomic E-state index is 0.120. The van der Waals surface area contributed by atoms with Gasteiger partial charge < -0.3 is 9.64 Å². The number of rotatable bonds is 18. The van der Waals surface area contributed by atoms with Crippen LogP contribution in [0.4, 0.5) is 0 Å². The number of nitrogens with zero attached hydrogens (tertiary/aromatic N) is 1. The number of unbranched alkanes of at least 4 members (excludes halogenated alkanes) is 8. The Balaban J connectivity index is 1.63. The number of hydrogen-bond acceptors (Lipinski definition) is 3. The van der Waals surface area contributed by atoms with E-state index in [2.05, 4.69) is 74.5 Å². The van der Waals surface area contributed by atoms with Crippen molar-refractivity contribution in [1.82, 2.24) is 4.90 Å². The molecule has 2 rings (SSSR count). The summed E-state index contributed by atoms with van der Waals surface area (Å²) in [5.74, 6) is 0.579. The lowest BCUT2D eigenvalue weighted by molar-refractivity contribution is -0.134. The highest BCUT2D eigenvalue weighted by Gasteiger charge is 2.11. The molecular weight excluding hydrogens is 430 g/mol. The van der Waals surface area contributed by atoms with E-state index in [9.17, 15) is 4.79 Å². The normalized spacial score (nSPS) is 11.9. The van der Waals surface area contributed by atoms with Crippen LogP contribution in [-0.4, -0.2) is 31.5 Å². The van der Waals surface area contributed by atoms with Crippen LogP contribution in [0.1, 0.15) is 89.5 Å². The minimum Gasteiger partial charge on any atom is -0.426 e. The monoisotopic (exact) mass is 477 g/mol. The lowest BCUT2D eigenvalue weighted by atomic mass is 10.0. The first-order chi connectivity index (χ1) is 17.1. The summed E-state index contributed by atoms with van der Waals surface area (Å²) in [5, 5.41) is 2.20. The van der Waals surface area contributed by atoms with Crippen molar-refractivity contribution in [2.75, 3.05) is 20.6 Å².